The molecule has 2 aromatic rings. The molecule has 32 heavy (non-hydrogen) atoms. The first-order valence-corrected chi connectivity index (χ1v) is 11.3. The number of nitrogens with zero attached hydrogens (tertiary/aromatic N) is 1. The van der Waals surface area contributed by atoms with E-state index in [1.54, 1.807) is 11.0 Å². The van der Waals surface area contributed by atoms with E-state index in [-0.39, 0.29) is 29.9 Å². The van der Waals surface area contributed by atoms with Gasteiger partial charge in [-0.05, 0) is 55.0 Å². The van der Waals surface area contributed by atoms with Crippen molar-refractivity contribution in [1.29, 1.82) is 0 Å². The van der Waals surface area contributed by atoms with Crippen LogP contribution in [-0.2, 0) is 10.2 Å². The van der Waals surface area contributed by atoms with E-state index in [1.807, 2.05) is 49.4 Å². The van der Waals surface area contributed by atoms with Gasteiger partial charge >= 0.3 is 0 Å². The maximum Gasteiger partial charge on any atom is 0.260 e. The zero-order valence-electron chi connectivity index (χ0n) is 19.5. The van der Waals surface area contributed by atoms with Gasteiger partial charge in [0.2, 0.25) is 0 Å². The molecule has 0 aliphatic carbocycles. The summed E-state index contributed by atoms with van der Waals surface area (Å²) in [4.78, 5) is 27.0. The van der Waals surface area contributed by atoms with Crippen molar-refractivity contribution < 1.29 is 19.1 Å². The lowest BCUT2D eigenvalue weighted by atomic mass is 9.86. The summed E-state index contributed by atoms with van der Waals surface area (Å²) < 4.78 is 11.2. The minimum Gasteiger partial charge on any atom is -0.490 e. The monoisotopic (exact) mass is 438 g/mol. The molecule has 2 aromatic carbocycles. The lowest BCUT2D eigenvalue weighted by Gasteiger charge is -2.32. The average molecular weight is 439 g/mol. The predicted molar refractivity (Wildman–Crippen MR) is 125 cm³/mol. The highest BCUT2D eigenvalue weighted by Crippen LogP contribution is 2.26. The van der Waals surface area contributed by atoms with Gasteiger partial charge in [-0.2, -0.15) is 0 Å². The molecule has 172 valence electrons. The van der Waals surface area contributed by atoms with Crippen LogP contribution in [0.3, 0.4) is 0 Å². The number of piperidine rings is 1. The Morgan fingerprint density at radius 1 is 0.969 bits per heavy atom. The lowest BCUT2D eigenvalue weighted by molar-refractivity contribution is -0.134. The van der Waals surface area contributed by atoms with Crippen LogP contribution in [-0.4, -0.2) is 49.1 Å². The smallest absolute Gasteiger partial charge is 0.260 e. The number of benzene rings is 2. The van der Waals surface area contributed by atoms with Gasteiger partial charge in [0.1, 0.15) is 0 Å². The fraction of sp³-hybridized carbons (Fsp3) is 0.462. The number of hydrogen-bond acceptors (Lipinski definition) is 4. The highest BCUT2D eigenvalue weighted by molar-refractivity contribution is 5.94. The zero-order chi connectivity index (χ0) is 23.1. The van der Waals surface area contributed by atoms with Crippen LogP contribution in [0.2, 0.25) is 0 Å². The molecule has 3 rings (SSSR count). The van der Waals surface area contributed by atoms with Gasteiger partial charge in [-0.1, -0.05) is 45.0 Å². The molecule has 0 saturated carbocycles. The molecule has 2 amide bonds. The Morgan fingerprint density at radius 2 is 1.56 bits per heavy atom. The van der Waals surface area contributed by atoms with Gasteiger partial charge in [-0.3, -0.25) is 9.59 Å². The highest BCUT2D eigenvalue weighted by Gasteiger charge is 2.25. The molecule has 0 spiro atoms. The Bertz CT molecular complexity index is 910. The van der Waals surface area contributed by atoms with Crippen molar-refractivity contribution in [3.63, 3.8) is 0 Å². The Balaban J connectivity index is 1.45. The largest absolute Gasteiger partial charge is 0.490 e. The van der Waals surface area contributed by atoms with E-state index < -0.39 is 0 Å². The second-order valence-corrected chi connectivity index (χ2v) is 9.12. The second kappa shape index (κ2) is 10.5. The summed E-state index contributed by atoms with van der Waals surface area (Å²) in [5.41, 5.74) is 1.92. The normalized spacial score (nSPS) is 14.7. The molecule has 1 aliphatic rings. The van der Waals surface area contributed by atoms with Crippen molar-refractivity contribution in [1.82, 2.24) is 10.2 Å². The minimum absolute atomic E-state index is 0.0265. The molecular formula is C26H34N2O4. The molecule has 0 atom stereocenters. The summed E-state index contributed by atoms with van der Waals surface area (Å²) in [7, 11) is 0. The quantitative estimate of drug-likeness (QED) is 0.704. The number of nitrogens with one attached hydrogen (secondary N) is 1. The molecule has 0 radical (unpaired) electrons. The van der Waals surface area contributed by atoms with Crippen LogP contribution in [0.4, 0.5) is 0 Å². The van der Waals surface area contributed by atoms with E-state index in [0.29, 0.717) is 36.8 Å². The summed E-state index contributed by atoms with van der Waals surface area (Å²) in [6.07, 6.45) is 1.46. The van der Waals surface area contributed by atoms with Crippen molar-refractivity contribution in [2.75, 3.05) is 26.3 Å². The number of likely N-dealkylation sites (tertiary alicyclic amines) is 1. The van der Waals surface area contributed by atoms with Gasteiger partial charge < -0.3 is 19.7 Å². The molecule has 1 N–H and O–H groups in total. The molecular weight excluding hydrogens is 404 g/mol. The van der Waals surface area contributed by atoms with Crippen LogP contribution in [0.5, 0.6) is 11.5 Å². The number of carbonyl (C=O) groups is 2. The fourth-order valence-corrected chi connectivity index (χ4v) is 3.74. The Labute approximate surface area is 190 Å². The van der Waals surface area contributed by atoms with E-state index in [1.165, 1.54) is 5.56 Å². The van der Waals surface area contributed by atoms with Gasteiger partial charge in [0.25, 0.3) is 11.8 Å². The molecule has 1 saturated heterocycles. The summed E-state index contributed by atoms with van der Waals surface area (Å²) in [5.74, 6) is 1.09. The number of carbonyl (C=O) groups excluding carboxylic acids is 2. The number of para-hydroxylation sites is 2. The van der Waals surface area contributed by atoms with Gasteiger partial charge in [0.15, 0.2) is 18.1 Å². The summed E-state index contributed by atoms with van der Waals surface area (Å²) >= 11 is 0. The predicted octanol–water partition coefficient (Wildman–Crippen LogP) is 4.18. The first-order chi connectivity index (χ1) is 15.3. The van der Waals surface area contributed by atoms with Crippen molar-refractivity contribution in [2.24, 2.45) is 0 Å². The van der Waals surface area contributed by atoms with Crippen molar-refractivity contribution in [2.45, 2.75) is 52.0 Å². The zero-order valence-corrected chi connectivity index (χ0v) is 19.5. The van der Waals surface area contributed by atoms with Crippen LogP contribution in [0.25, 0.3) is 0 Å². The topological polar surface area (TPSA) is 67.9 Å². The minimum atomic E-state index is -0.0638. The van der Waals surface area contributed by atoms with E-state index in [2.05, 4.69) is 26.1 Å². The van der Waals surface area contributed by atoms with Gasteiger partial charge in [-0.25, -0.2) is 0 Å². The van der Waals surface area contributed by atoms with Crippen molar-refractivity contribution in [3.05, 3.63) is 59.7 Å². The van der Waals surface area contributed by atoms with E-state index in [4.69, 9.17) is 9.47 Å². The van der Waals surface area contributed by atoms with Crippen LogP contribution in [0, 0.1) is 0 Å². The molecule has 0 unspecified atom stereocenters. The van der Waals surface area contributed by atoms with Crippen LogP contribution in [0.1, 0.15) is 56.5 Å². The first kappa shape index (κ1) is 23.6. The average Bonchev–Trinajstić information content (AvgIpc) is 2.78. The van der Waals surface area contributed by atoms with Crippen molar-refractivity contribution in [3.8, 4) is 11.5 Å². The SMILES string of the molecule is CCOc1ccccc1OCC(=O)N1CCC(NC(=O)c2ccc(C(C)(C)C)cc2)CC1. The van der Waals surface area contributed by atoms with Crippen LogP contribution >= 0.6 is 0 Å². The Morgan fingerprint density at radius 3 is 2.12 bits per heavy atom. The standard InChI is InChI=1S/C26H34N2O4/c1-5-31-22-8-6-7-9-23(22)32-18-24(29)28-16-14-21(15-17-28)27-25(30)19-10-12-20(13-11-19)26(2,3)4/h6-13,21H,5,14-18H2,1-4H3,(H,27,30). The second-order valence-electron chi connectivity index (χ2n) is 9.12. The maximum atomic E-state index is 12.6. The number of rotatable bonds is 7. The Hall–Kier alpha value is -3.02. The van der Waals surface area contributed by atoms with Gasteiger partial charge in [-0.15, -0.1) is 0 Å². The number of amides is 2. The third-order valence-corrected chi connectivity index (χ3v) is 5.70. The fourth-order valence-electron chi connectivity index (χ4n) is 3.74. The summed E-state index contributed by atoms with van der Waals surface area (Å²) in [5, 5.41) is 3.11. The van der Waals surface area contributed by atoms with Gasteiger partial charge in [0, 0.05) is 24.7 Å². The van der Waals surface area contributed by atoms with Gasteiger partial charge in [0.05, 0.1) is 6.61 Å². The third kappa shape index (κ3) is 6.25. The molecule has 1 fully saturated rings. The van der Waals surface area contributed by atoms with Crippen LogP contribution < -0.4 is 14.8 Å². The number of hydrogen-bond donors (Lipinski definition) is 1. The summed E-state index contributed by atoms with van der Waals surface area (Å²) in [6.45, 7) is 10.1. The molecule has 6 heteroatoms. The van der Waals surface area contributed by atoms with E-state index in [0.717, 1.165) is 12.8 Å². The van der Waals surface area contributed by atoms with Crippen molar-refractivity contribution >= 4 is 11.8 Å². The molecule has 0 bridgehead atoms. The number of ether oxygens (including phenoxy) is 2. The molecule has 1 aliphatic heterocycles. The van der Waals surface area contributed by atoms with Crippen LogP contribution in [0.15, 0.2) is 48.5 Å². The van der Waals surface area contributed by atoms with E-state index in [9.17, 15) is 9.59 Å². The molecule has 0 aromatic heterocycles. The maximum absolute atomic E-state index is 12.6. The highest BCUT2D eigenvalue weighted by atomic mass is 16.5. The Kier molecular flexibility index (Phi) is 7.78. The summed E-state index contributed by atoms with van der Waals surface area (Å²) in [6, 6.07) is 15.2. The lowest BCUT2D eigenvalue weighted by Crippen LogP contribution is -2.47. The molecule has 1 heterocycles. The molecule has 6 nitrogen and oxygen atoms in total. The van der Waals surface area contributed by atoms with E-state index >= 15 is 0 Å². The first-order valence-electron chi connectivity index (χ1n) is 11.3. The third-order valence-electron chi connectivity index (χ3n) is 5.70.